The van der Waals surface area contributed by atoms with Crippen LogP contribution >= 0.6 is 0 Å². The molecule has 1 fully saturated rings. The van der Waals surface area contributed by atoms with Gasteiger partial charge in [0.15, 0.2) is 0 Å². The minimum absolute atomic E-state index is 0.0140. The van der Waals surface area contributed by atoms with Crippen molar-refractivity contribution in [3.05, 3.63) is 63.7 Å². The lowest BCUT2D eigenvalue weighted by Gasteiger charge is -2.24. The Bertz CT molecular complexity index is 1050. The van der Waals surface area contributed by atoms with E-state index in [0.717, 1.165) is 9.87 Å². The summed E-state index contributed by atoms with van der Waals surface area (Å²) in [4.78, 5) is 22.8. The molecule has 30 heavy (non-hydrogen) atoms. The number of nitro benzene ring substituents is 1. The molecule has 9 nitrogen and oxygen atoms in total. The van der Waals surface area contributed by atoms with E-state index in [0.29, 0.717) is 18.4 Å². The zero-order chi connectivity index (χ0) is 21.9. The van der Waals surface area contributed by atoms with Crippen LogP contribution in [0.4, 0.5) is 5.69 Å². The second kappa shape index (κ2) is 8.80. The molecular formula is C20H22N2O7S. The number of rotatable bonds is 7. The van der Waals surface area contributed by atoms with E-state index in [1.807, 2.05) is 0 Å². The zero-order valence-corrected chi connectivity index (χ0v) is 17.4. The molecule has 0 spiro atoms. The van der Waals surface area contributed by atoms with Crippen molar-refractivity contribution in [2.24, 2.45) is 0 Å². The molecule has 1 aliphatic rings. The number of non-ortho nitro benzene ring substituents is 1. The molecule has 160 valence electrons. The number of nitro groups is 1. The molecule has 1 atom stereocenters. The van der Waals surface area contributed by atoms with Crippen molar-refractivity contribution in [1.82, 2.24) is 4.31 Å². The van der Waals surface area contributed by atoms with Gasteiger partial charge in [-0.3, -0.25) is 14.9 Å². The first kappa shape index (κ1) is 21.7. The van der Waals surface area contributed by atoms with Gasteiger partial charge in [0.05, 0.1) is 12.0 Å². The number of benzene rings is 2. The Kier molecular flexibility index (Phi) is 6.37. The standard InChI is InChI=1S/C20H22N2O7S/c1-14-5-10-18(28-2)19(12-14)30(26,27)21-11-3-4-17(21)20(23)29-13-15-6-8-16(9-7-15)22(24)25/h5-10,12,17H,3-4,11,13H2,1-2H3. The van der Waals surface area contributed by atoms with Crippen molar-refractivity contribution in [2.45, 2.75) is 37.3 Å². The monoisotopic (exact) mass is 434 g/mol. The predicted molar refractivity (Wildman–Crippen MR) is 108 cm³/mol. The van der Waals surface area contributed by atoms with Crippen LogP contribution in [-0.4, -0.2) is 43.3 Å². The summed E-state index contributed by atoms with van der Waals surface area (Å²) in [5.74, 6) is -0.438. The molecule has 0 N–H and O–H groups in total. The van der Waals surface area contributed by atoms with Gasteiger partial charge in [-0.25, -0.2) is 8.42 Å². The summed E-state index contributed by atoms with van der Waals surface area (Å²) in [6.45, 7) is 1.88. The van der Waals surface area contributed by atoms with Crippen LogP contribution in [0.3, 0.4) is 0 Å². The second-order valence-corrected chi connectivity index (χ2v) is 8.82. The number of methoxy groups -OCH3 is 1. The molecule has 0 amide bonds. The van der Waals surface area contributed by atoms with Gasteiger partial charge < -0.3 is 9.47 Å². The molecule has 1 saturated heterocycles. The maximum absolute atomic E-state index is 13.2. The van der Waals surface area contributed by atoms with E-state index in [2.05, 4.69) is 0 Å². The van der Waals surface area contributed by atoms with E-state index in [1.165, 1.54) is 37.4 Å². The lowest BCUT2D eigenvalue weighted by molar-refractivity contribution is -0.384. The quantitative estimate of drug-likeness (QED) is 0.374. The van der Waals surface area contributed by atoms with Crippen molar-refractivity contribution in [3.8, 4) is 5.75 Å². The van der Waals surface area contributed by atoms with Crippen LogP contribution < -0.4 is 4.74 Å². The fourth-order valence-electron chi connectivity index (χ4n) is 3.34. The van der Waals surface area contributed by atoms with Crippen molar-refractivity contribution < 1.29 is 27.6 Å². The fraction of sp³-hybridized carbons (Fsp3) is 0.350. The summed E-state index contributed by atoms with van der Waals surface area (Å²) in [7, 11) is -2.57. The van der Waals surface area contributed by atoms with Crippen LogP contribution in [0.5, 0.6) is 5.75 Å². The maximum Gasteiger partial charge on any atom is 0.324 e. The first-order valence-corrected chi connectivity index (χ1v) is 10.7. The number of carbonyl (C=O) groups is 1. The second-order valence-electron chi connectivity index (χ2n) is 6.96. The molecule has 2 aromatic rings. The number of aryl methyl sites for hydroxylation is 1. The van der Waals surface area contributed by atoms with Gasteiger partial charge in [0, 0.05) is 18.7 Å². The molecule has 0 bridgehead atoms. The molecule has 3 rings (SSSR count). The Morgan fingerprint density at radius 2 is 1.93 bits per heavy atom. The van der Waals surface area contributed by atoms with E-state index < -0.39 is 27.0 Å². The molecule has 0 aromatic heterocycles. The topological polar surface area (TPSA) is 116 Å². The third-order valence-corrected chi connectivity index (χ3v) is 6.84. The highest BCUT2D eigenvalue weighted by Gasteiger charge is 2.41. The summed E-state index contributed by atoms with van der Waals surface area (Å²) in [6.07, 6.45) is 0.886. The number of hydrogen-bond donors (Lipinski definition) is 0. The summed E-state index contributed by atoms with van der Waals surface area (Å²) >= 11 is 0. The van der Waals surface area contributed by atoms with Crippen LogP contribution in [0.2, 0.25) is 0 Å². The number of carbonyl (C=O) groups excluding carboxylic acids is 1. The number of sulfonamides is 1. The Morgan fingerprint density at radius 3 is 2.57 bits per heavy atom. The molecule has 1 unspecified atom stereocenters. The Labute approximate surface area is 174 Å². The van der Waals surface area contributed by atoms with Gasteiger partial charge in [0.1, 0.15) is 23.3 Å². The van der Waals surface area contributed by atoms with E-state index in [-0.39, 0.29) is 29.5 Å². The van der Waals surface area contributed by atoms with Gasteiger partial charge in [-0.1, -0.05) is 6.07 Å². The number of nitrogens with zero attached hydrogens (tertiary/aromatic N) is 2. The third-order valence-electron chi connectivity index (χ3n) is 4.91. The molecule has 0 aliphatic carbocycles. The SMILES string of the molecule is COc1ccc(C)cc1S(=O)(=O)N1CCCC1C(=O)OCc1ccc([N+](=O)[O-])cc1. The summed E-state index contributed by atoms with van der Waals surface area (Å²) in [6, 6.07) is 9.54. The van der Waals surface area contributed by atoms with Gasteiger partial charge in [-0.2, -0.15) is 4.31 Å². The first-order valence-electron chi connectivity index (χ1n) is 9.30. The average molecular weight is 434 g/mol. The number of esters is 1. The van der Waals surface area contributed by atoms with E-state index in [4.69, 9.17) is 9.47 Å². The molecule has 1 heterocycles. The number of hydrogen-bond acceptors (Lipinski definition) is 7. The fourth-order valence-corrected chi connectivity index (χ4v) is 5.23. The lowest BCUT2D eigenvalue weighted by Crippen LogP contribution is -2.41. The molecule has 1 aliphatic heterocycles. The Morgan fingerprint density at radius 1 is 1.23 bits per heavy atom. The average Bonchev–Trinajstić information content (AvgIpc) is 3.23. The minimum Gasteiger partial charge on any atom is -0.495 e. The van der Waals surface area contributed by atoms with Gasteiger partial charge in [0.2, 0.25) is 10.0 Å². The Hall–Kier alpha value is -2.98. The number of ether oxygens (including phenoxy) is 2. The third kappa shape index (κ3) is 4.44. The van der Waals surface area contributed by atoms with Crippen molar-refractivity contribution >= 4 is 21.7 Å². The molecule has 0 radical (unpaired) electrons. The van der Waals surface area contributed by atoms with Gasteiger partial charge in [-0.15, -0.1) is 0 Å². The summed E-state index contributed by atoms with van der Waals surface area (Å²) in [5.41, 5.74) is 1.26. The van der Waals surface area contributed by atoms with Crippen LogP contribution in [0.25, 0.3) is 0 Å². The van der Waals surface area contributed by atoms with Crippen molar-refractivity contribution in [1.29, 1.82) is 0 Å². The molecule has 10 heteroatoms. The van der Waals surface area contributed by atoms with Crippen LogP contribution in [0.15, 0.2) is 47.4 Å². The largest absolute Gasteiger partial charge is 0.495 e. The van der Waals surface area contributed by atoms with Crippen molar-refractivity contribution in [2.75, 3.05) is 13.7 Å². The maximum atomic E-state index is 13.2. The van der Waals surface area contributed by atoms with E-state index in [1.54, 1.807) is 19.1 Å². The zero-order valence-electron chi connectivity index (χ0n) is 16.6. The van der Waals surface area contributed by atoms with Gasteiger partial charge in [0.25, 0.3) is 5.69 Å². The first-order chi connectivity index (χ1) is 14.2. The van der Waals surface area contributed by atoms with E-state index >= 15 is 0 Å². The van der Waals surface area contributed by atoms with Crippen LogP contribution in [0.1, 0.15) is 24.0 Å². The van der Waals surface area contributed by atoms with Crippen LogP contribution in [-0.2, 0) is 26.2 Å². The molecule has 2 aromatic carbocycles. The predicted octanol–water partition coefficient (Wildman–Crippen LogP) is 2.81. The van der Waals surface area contributed by atoms with Gasteiger partial charge in [-0.05, 0) is 55.2 Å². The van der Waals surface area contributed by atoms with Crippen LogP contribution in [0, 0.1) is 17.0 Å². The lowest BCUT2D eigenvalue weighted by atomic mass is 10.2. The highest BCUT2D eigenvalue weighted by Crippen LogP contribution is 2.32. The van der Waals surface area contributed by atoms with E-state index in [9.17, 15) is 23.3 Å². The molecular weight excluding hydrogens is 412 g/mol. The molecule has 0 saturated carbocycles. The van der Waals surface area contributed by atoms with Gasteiger partial charge >= 0.3 is 5.97 Å². The normalized spacial score (nSPS) is 16.9. The summed E-state index contributed by atoms with van der Waals surface area (Å²) < 4.78 is 38.1. The highest BCUT2D eigenvalue weighted by molar-refractivity contribution is 7.89. The highest BCUT2D eigenvalue weighted by atomic mass is 32.2. The minimum atomic E-state index is -3.96. The van der Waals surface area contributed by atoms with Crippen molar-refractivity contribution in [3.63, 3.8) is 0 Å². The smallest absolute Gasteiger partial charge is 0.324 e. The summed E-state index contributed by atoms with van der Waals surface area (Å²) in [5, 5.41) is 10.7. The Balaban J connectivity index is 1.75.